The van der Waals surface area contributed by atoms with Crippen LogP contribution in [0.4, 0.5) is 0 Å². The lowest BCUT2D eigenvalue weighted by atomic mass is 9.96. The Bertz CT molecular complexity index is 1230. The first-order chi connectivity index (χ1) is 14.9. The molecule has 0 aliphatic carbocycles. The number of aromatic nitrogens is 4. The second-order valence-electron chi connectivity index (χ2n) is 9.44. The fraction of sp³-hybridized carbons (Fsp3) is 0.440. The number of ether oxygens (including phenoxy) is 1. The molecule has 162 valence electrons. The molecule has 0 radical (unpaired) electrons. The summed E-state index contributed by atoms with van der Waals surface area (Å²) >= 11 is 0. The molecule has 0 amide bonds. The number of aryl methyl sites for hydroxylation is 1. The van der Waals surface area contributed by atoms with Gasteiger partial charge in [0.1, 0.15) is 12.1 Å². The van der Waals surface area contributed by atoms with Crippen LogP contribution in [0.5, 0.6) is 5.75 Å². The van der Waals surface area contributed by atoms with Crippen molar-refractivity contribution in [2.75, 3.05) is 19.7 Å². The van der Waals surface area contributed by atoms with Gasteiger partial charge < -0.3 is 14.6 Å². The number of benzene rings is 1. The predicted octanol–water partition coefficient (Wildman–Crippen LogP) is 5.03. The maximum Gasteiger partial charge on any atom is 0.158 e. The number of fused-ring (bicyclic) bond motifs is 2. The molecule has 1 aliphatic rings. The Morgan fingerprint density at radius 3 is 2.71 bits per heavy atom. The minimum Gasteiger partial charge on any atom is -0.493 e. The molecule has 5 rings (SSSR count). The number of aromatic amines is 1. The zero-order valence-corrected chi connectivity index (χ0v) is 19.0. The summed E-state index contributed by atoms with van der Waals surface area (Å²) in [5.74, 6) is 1.95. The highest BCUT2D eigenvalue weighted by atomic mass is 16.5. The lowest BCUT2D eigenvalue weighted by molar-refractivity contribution is 0.0376. The van der Waals surface area contributed by atoms with E-state index in [0.717, 1.165) is 53.4 Å². The molecule has 1 aliphatic heterocycles. The maximum atomic E-state index is 6.20. The molecule has 3 aromatic heterocycles. The molecule has 0 unspecified atom stereocenters. The fourth-order valence-corrected chi connectivity index (χ4v) is 4.69. The average Bonchev–Trinajstić information content (AvgIpc) is 3.30. The Labute approximate surface area is 183 Å². The zero-order chi connectivity index (χ0) is 21.7. The van der Waals surface area contributed by atoms with E-state index in [2.05, 4.69) is 85.0 Å². The molecule has 0 spiro atoms. The van der Waals surface area contributed by atoms with E-state index in [-0.39, 0.29) is 0 Å². The summed E-state index contributed by atoms with van der Waals surface area (Å²) in [7, 11) is 0. The van der Waals surface area contributed by atoms with Crippen molar-refractivity contribution in [2.45, 2.75) is 46.6 Å². The van der Waals surface area contributed by atoms with Crippen LogP contribution in [0.15, 0.2) is 36.8 Å². The zero-order valence-electron chi connectivity index (χ0n) is 19.0. The molecule has 4 aromatic rings. The van der Waals surface area contributed by atoms with Crippen molar-refractivity contribution in [3.8, 4) is 17.0 Å². The lowest BCUT2D eigenvalue weighted by Crippen LogP contribution is -2.52. The number of H-pyrrole nitrogens is 1. The lowest BCUT2D eigenvalue weighted by Gasteiger charge is -2.41. The molecule has 0 atom stereocenters. The van der Waals surface area contributed by atoms with Crippen molar-refractivity contribution in [3.05, 3.63) is 47.9 Å². The van der Waals surface area contributed by atoms with Crippen LogP contribution in [0.2, 0.25) is 0 Å². The molecular formula is C25H31N5O. The van der Waals surface area contributed by atoms with Crippen LogP contribution in [-0.4, -0.2) is 50.2 Å². The molecule has 0 saturated carbocycles. The molecule has 1 fully saturated rings. The minimum absolute atomic E-state index is 0.372. The SMILES string of the molecule is Cc1cc(-c2[nH]c3ccc(OCC4CN(C(C)C)C4)cc3c2C(C)C)cn2ncnc12. The second-order valence-corrected chi connectivity index (χ2v) is 9.44. The standard InChI is InChI=1S/C25H31N5O/c1-15(2)23-21-9-20(31-13-18-10-29(11-18)16(3)4)6-7-22(21)28-24(23)19-8-17(5)25-26-14-27-30(25)12-19/h6-9,12,14-16,18,28H,10-11,13H2,1-5H3. The van der Waals surface area contributed by atoms with E-state index in [4.69, 9.17) is 4.74 Å². The second kappa shape index (κ2) is 7.68. The van der Waals surface area contributed by atoms with Crippen molar-refractivity contribution in [3.63, 3.8) is 0 Å². The van der Waals surface area contributed by atoms with Gasteiger partial charge in [0, 0.05) is 47.7 Å². The third-order valence-corrected chi connectivity index (χ3v) is 6.44. The summed E-state index contributed by atoms with van der Waals surface area (Å²) in [4.78, 5) is 10.5. The summed E-state index contributed by atoms with van der Waals surface area (Å²) in [5.41, 5.74) is 6.73. The smallest absolute Gasteiger partial charge is 0.158 e. The summed E-state index contributed by atoms with van der Waals surface area (Å²) in [6.07, 6.45) is 3.66. The first kappa shape index (κ1) is 20.1. The predicted molar refractivity (Wildman–Crippen MR) is 125 cm³/mol. The summed E-state index contributed by atoms with van der Waals surface area (Å²) in [6.45, 7) is 14.1. The van der Waals surface area contributed by atoms with Crippen LogP contribution < -0.4 is 4.74 Å². The Balaban J connectivity index is 1.46. The Hall–Kier alpha value is -2.86. The number of hydrogen-bond donors (Lipinski definition) is 1. The van der Waals surface area contributed by atoms with Gasteiger partial charge in [0.15, 0.2) is 5.65 Å². The Morgan fingerprint density at radius 2 is 1.97 bits per heavy atom. The normalized spacial score (nSPS) is 15.5. The van der Waals surface area contributed by atoms with Crippen molar-refractivity contribution >= 4 is 16.6 Å². The molecule has 6 nitrogen and oxygen atoms in total. The molecule has 31 heavy (non-hydrogen) atoms. The van der Waals surface area contributed by atoms with Crippen LogP contribution in [0.1, 0.15) is 44.7 Å². The van der Waals surface area contributed by atoms with Gasteiger partial charge in [-0.1, -0.05) is 13.8 Å². The van der Waals surface area contributed by atoms with Crippen molar-refractivity contribution in [1.82, 2.24) is 24.5 Å². The number of nitrogens with zero attached hydrogens (tertiary/aromatic N) is 4. The number of nitrogens with one attached hydrogen (secondary N) is 1. The summed E-state index contributed by atoms with van der Waals surface area (Å²) in [5, 5.41) is 5.58. The third-order valence-electron chi connectivity index (χ3n) is 6.44. The van der Waals surface area contributed by atoms with Crippen LogP contribution in [0, 0.1) is 12.8 Å². The molecule has 4 heterocycles. The van der Waals surface area contributed by atoms with Gasteiger partial charge in [0.25, 0.3) is 0 Å². The number of likely N-dealkylation sites (tertiary alicyclic amines) is 1. The topological polar surface area (TPSA) is 58.5 Å². The highest BCUT2D eigenvalue weighted by Gasteiger charge is 2.28. The van der Waals surface area contributed by atoms with Crippen LogP contribution in [0.25, 0.3) is 27.8 Å². The van der Waals surface area contributed by atoms with Crippen LogP contribution in [-0.2, 0) is 0 Å². The van der Waals surface area contributed by atoms with Crippen molar-refractivity contribution in [2.24, 2.45) is 5.92 Å². The molecular weight excluding hydrogens is 386 g/mol. The highest BCUT2D eigenvalue weighted by molar-refractivity contribution is 5.92. The first-order valence-corrected chi connectivity index (χ1v) is 11.2. The van der Waals surface area contributed by atoms with Crippen LogP contribution >= 0.6 is 0 Å². The largest absolute Gasteiger partial charge is 0.493 e. The van der Waals surface area contributed by atoms with Gasteiger partial charge in [-0.25, -0.2) is 9.50 Å². The Morgan fingerprint density at radius 1 is 1.16 bits per heavy atom. The van der Waals surface area contributed by atoms with E-state index in [9.17, 15) is 0 Å². The summed E-state index contributed by atoms with van der Waals surface area (Å²) in [6, 6.07) is 9.24. The van der Waals surface area contributed by atoms with Gasteiger partial charge in [-0.2, -0.15) is 5.10 Å². The molecule has 1 saturated heterocycles. The maximum absolute atomic E-state index is 6.20. The van der Waals surface area contributed by atoms with Gasteiger partial charge in [-0.05, 0) is 62.1 Å². The van der Waals surface area contributed by atoms with E-state index in [1.54, 1.807) is 6.33 Å². The average molecular weight is 418 g/mol. The summed E-state index contributed by atoms with van der Waals surface area (Å²) < 4.78 is 8.05. The fourth-order valence-electron chi connectivity index (χ4n) is 4.69. The van der Waals surface area contributed by atoms with Crippen LogP contribution in [0.3, 0.4) is 0 Å². The van der Waals surface area contributed by atoms with Crippen molar-refractivity contribution < 1.29 is 4.74 Å². The monoisotopic (exact) mass is 417 g/mol. The van der Waals surface area contributed by atoms with Gasteiger partial charge >= 0.3 is 0 Å². The number of rotatable bonds is 6. The molecule has 6 heteroatoms. The number of pyridine rings is 1. The van der Waals surface area contributed by atoms with E-state index in [1.165, 1.54) is 10.9 Å². The molecule has 1 N–H and O–H groups in total. The van der Waals surface area contributed by atoms with Gasteiger partial charge in [0.05, 0.1) is 12.3 Å². The first-order valence-electron chi connectivity index (χ1n) is 11.2. The van der Waals surface area contributed by atoms with E-state index < -0.39 is 0 Å². The van der Waals surface area contributed by atoms with E-state index in [1.807, 2.05) is 4.52 Å². The van der Waals surface area contributed by atoms with Gasteiger partial charge in [-0.3, -0.25) is 0 Å². The highest BCUT2D eigenvalue weighted by Crippen LogP contribution is 2.37. The molecule has 1 aromatic carbocycles. The minimum atomic E-state index is 0.372. The quantitative estimate of drug-likeness (QED) is 0.478. The van der Waals surface area contributed by atoms with E-state index >= 15 is 0 Å². The van der Waals surface area contributed by atoms with Gasteiger partial charge in [0.2, 0.25) is 0 Å². The van der Waals surface area contributed by atoms with Crippen molar-refractivity contribution in [1.29, 1.82) is 0 Å². The van der Waals surface area contributed by atoms with Gasteiger partial charge in [-0.15, -0.1) is 0 Å². The van der Waals surface area contributed by atoms with E-state index in [0.29, 0.717) is 17.9 Å². The third kappa shape index (κ3) is 3.59. The number of hydrogen-bond acceptors (Lipinski definition) is 4. The Kier molecular flexibility index (Phi) is 4.97. The molecule has 0 bridgehead atoms.